The van der Waals surface area contributed by atoms with Gasteiger partial charge in [-0.2, -0.15) is 0 Å². The Labute approximate surface area is 93.6 Å². The molecule has 0 aliphatic rings. The zero-order chi connectivity index (χ0) is 10.2. The average molecular weight is 258 g/mol. The van der Waals surface area contributed by atoms with Crippen LogP contribution < -0.4 is 10.5 Å². The molecule has 0 amide bonds. The second-order valence-electron chi connectivity index (χ2n) is 3.07. The molecule has 0 unspecified atom stereocenters. The number of nitrogens with two attached hydrogens (primary N) is 1. The summed E-state index contributed by atoms with van der Waals surface area (Å²) in [7, 11) is 0. The maximum atomic E-state index is 5.44. The third-order valence-corrected chi connectivity index (χ3v) is 2.26. The lowest BCUT2D eigenvalue weighted by atomic mass is 10.1. The van der Waals surface area contributed by atoms with E-state index in [2.05, 4.69) is 28.1 Å². The summed E-state index contributed by atoms with van der Waals surface area (Å²) in [4.78, 5) is 0. The van der Waals surface area contributed by atoms with Crippen LogP contribution in [0.5, 0.6) is 5.75 Å². The Bertz CT molecular complexity index is 221. The molecule has 0 atom stereocenters. The summed E-state index contributed by atoms with van der Waals surface area (Å²) >= 11 is 3.32. The Morgan fingerprint density at radius 3 is 2.50 bits per heavy atom. The van der Waals surface area contributed by atoms with Gasteiger partial charge in [-0.25, -0.2) is 0 Å². The van der Waals surface area contributed by atoms with E-state index in [0.717, 1.165) is 30.5 Å². The van der Waals surface area contributed by atoms with E-state index in [-0.39, 0.29) is 0 Å². The van der Waals surface area contributed by atoms with Gasteiger partial charge in [-0.05, 0) is 37.1 Å². The average Bonchev–Trinajstić information content (AvgIpc) is 2.25. The van der Waals surface area contributed by atoms with E-state index in [4.69, 9.17) is 10.5 Å². The summed E-state index contributed by atoms with van der Waals surface area (Å²) in [5, 5.41) is 0.863. The fraction of sp³-hybridized carbons (Fsp3) is 0.455. The maximum Gasteiger partial charge on any atom is 0.119 e. The van der Waals surface area contributed by atoms with Crippen LogP contribution in [0, 0.1) is 0 Å². The van der Waals surface area contributed by atoms with Crippen molar-refractivity contribution in [2.75, 3.05) is 18.5 Å². The summed E-state index contributed by atoms with van der Waals surface area (Å²) in [6.45, 7) is 1.46. The van der Waals surface area contributed by atoms with Gasteiger partial charge in [0.15, 0.2) is 0 Å². The van der Waals surface area contributed by atoms with Crippen molar-refractivity contribution in [3.8, 4) is 5.75 Å². The van der Waals surface area contributed by atoms with Crippen molar-refractivity contribution in [1.82, 2.24) is 0 Å². The highest BCUT2D eigenvalue weighted by atomic mass is 79.9. The molecule has 3 heteroatoms. The van der Waals surface area contributed by atoms with Gasteiger partial charge in [-0.1, -0.05) is 28.1 Å². The van der Waals surface area contributed by atoms with E-state index in [1.54, 1.807) is 0 Å². The Balaban J connectivity index is 2.42. The molecule has 0 radical (unpaired) electrons. The first kappa shape index (κ1) is 11.5. The Hall–Kier alpha value is -0.540. The van der Waals surface area contributed by atoms with E-state index in [1.807, 2.05) is 12.1 Å². The monoisotopic (exact) mass is 257 g/mol. The lowest BCUT2D eigenvalue weighted by Crippen LogP contribution is -2.00. The molecule has 1 rings (SSSR count). The molecule has 1 aromatic rings. The second-order valence-corrected chi connectivity index (χ2v) is 3.87. The van der Waals surface area contributed by atoms with E-state index in [0.29, 0.717) is 6.61 Å². The van der Waals surface area contributed by atoms with Crippen LogP contribution in [0.2, 0.25) is 0 Å². The van der Waals surface area contributed by atoms with Crippen LogP contribution in [0.15, 0.2) is 24.3 Å². The normalized spacial score (nSPS) is 10.1. The molecule has 0 aromatic heterocycles. The van der Waals surface area contributed by atoms with Gasteiger partial charge in [0.1, 0.15) is 5.75 Å². The predicted molar refractivity (Wildman–Crippen MR) is 63.1 cm³/mol. The Morgan fingerprint density at radius 1 is 1.21 bits per heavy atom. The first-order valence-corrected chi connectivity index (χ1v) is 5.96. The summed E-state index contributed by atoms with van der Waals surface area (Å²) in [6, 6.07) is 8.21. The van der Waals surface area contributed by atoms with Crippen LogP contribution in [0.25, 0.3) is 0 Å². The number of hydrogen-bond acceptors (Lipinski definition) is 2. The summed E-state index contributed by atoms with van der Waals surface area (Å²) in [5.74, 6) is 0.931. The third kappa shape index (κ3) is 4.11. The molecule has 14 heavy (non-hydrogen) atoms. The zero-order valence-electron chi connectivity index (χ0n) is 8.21. The second kappa shape index (κ2) is 6.85. The van der Waals surface area contributed by atoms with Gasteiger partial charge in [0.05, 0.1) is 6.61 Å². The SMILES string of the molecule is NCCCc1ccc(OCCBr)cc1. The summed E-state index contributed by atoms with van der Waals surface area (Å²) in [6.07, 6.45) is 2.09. The van der Waals surface area contributed by atoms with Gasteiger partial charge in [0, 0.05) is 5.33 Å². The van der Waals surface area contributed by atoms with Gasteiger partial charge < -0.3 is 10.5 Å². The molecule has 0 saturated heterocycles. The molecular formula is C11H16BrNO. The van der Waals surface area contributed by atoms with Crippen LogP contribution in [-0.2, 0) is 6.42 Å². The molecule has 1 aromatic carbocycles. The van der Waals surface area contributed by atoms with Crippen molar-refractivity contribution in [2.45, 2.75) is 12.8 Å². The molecule has 0 aliphatic carbocycles. The quantitative estimate of drug-likeness (QED) is 0.795. The zero-order valence-corrected chi connectivity index (χ0v) is 9.79. The van der Waals surface area contributed by atoms with Crippen LogP contribution in [-0.4, -0.2) is 18.5 Å². The van der Waals surface area contributed by atoms with E-state index in [1.165, 1.54) is 5.56 Å². The molecule has 78 valence electrons. The first-order chi connectivity index (χ1) is 6.86. The molecule has 2 nitrogen and oxygen atoms in total. The van der Waals surface area contributed by atoms with E-state index < -0.39 is 0 Å². The van der Waals surface area contributed by atoms with Crippen molar-refractivity contribution in [3.05, 3.63) is 29.8 Å². The molecule has 0 aliphatic heterocycles. The van der Waals surface area contributed by atoms with Crippen LogP contribution in [0.3, 0.4) is 0 Å². The number of ether oxygens (including phenoxy) is 1. The number of alkyl halides is 1. The smallest absolute Gasteiger partial charge is 0.119 e. The third-order valence-electron chi connectivity index (χ3n) is 1.94. The fourth-order valence-corrected chi connectivity index (χ4v) is 1.38. The highest BCUT2D eigenvalue weighted by molar-refractivity contribution is 9.09. The topological polar surface area (TPSA) is 35.2 Å². The van der Waals surface area contributed by atoms with Gasteiger partial charge in [-0.3, -0.25) is 0 Å². The number of hydrogen-bond donors (Lipinski definition) is 1. The Kier molecular flexibility index (Phi) is 5.64. The molecule has 0 bridgehead atoms. The van der Waals surface area contributed by atoms with Crippen LogP contribution >= 0.6 is 15.9 Å². The van der Waals surface area contributed by atoms with Crippen LogP contribution in [0.1, 0.15) is 12.0 Å². The molecule has 0 fully saturated rings. The van der Waals surface area contributed by atoms with Gasteiger partial charge in [0.2, 0.25) is 0 Å². The minimum atomic E-state index is 0.710. The van der Waals surface area contributed by atoms with Crippen molar-refractivity contribution >= 4 is 15.9 Å². The summed E-state index contributed by atoms with van der Waals surface area (Å²) < 4.78 is 5.44. The molecule has 0 heterocycles. The number of aryl methyl sites for hydroxylation is 1. The van der Waals surface area contributed by atoms with E-state index in [9.17, 15) is 0 Å². The van der Waals surface area contributed by atoms with Crippen LogP contribution in [0.4, 0.5) is 0 Å². The van der Waals surface area contributed by atoms with Gasteiger partial charge in [-0.15, -0.1) is 0 Å². The van der Waals surface area contributed by atoms with Crippen molar-refractivity contribution in [3.63, 3.8) is 0 Å². The number of benzene rings is 1. The Morgan fingerprint density at radius 2 is 1.93 bits per heavy atom. The molecule has 2 N–H and O–H groups in total. The lowest BCUT2D eigenvalue weighted by molar-refractivity contribution is 0.345. The predicted octanol–water partition coefficient (Wildman–Crippen LogP) is 2.35. The minimum Gasteiger partial charge on any atom is -0.493 e. The highest BCUT2D eigenvalue weighted by Crippen LogP contribution is 2.13. The largest absolute Gasteiger partial charge is 0.493 e. The summed E-state index contributed by atoms with van der Waals surface area (Å²) in [5.41, 5.74) is 6.76. The maximum absolute atomic E-state index is 5.44. The highest BCUT2D eigenvalue weighted by Gasteiger charge is 1.94. The molecular weight excluding hydrogens is 242 g/mol. The van der Waals surface area contributed by atoms with Gasteiger partial charge in [0.25, 0.3) is 0 Å². The molecule has 0 spiro atoms. The first-order valence-electron chi connectivity index (χ1n) is 4.84. The number of halogens is 1. The van der Waals surface area contributed by atoms with Crippen molar-refractivity contribution < 1.29 is 4.74 Å². The fourth-order valence-electron chi connectivity index (χ4n) is 1.21. The number of rotatable bonds is 6. The standard InChI is InChI=1S/C11H16BrNO/c12-7-9-14-11-5-3-10(4-6-11)2-1-8-13/h3-6H,1-2,7-9,13H2. The minimum absolute atomic E-state index is 0.710. The van der Waals surface area contributed by atoms with Gasteiger partial charge >= 0.3 is 0 Å². The molecule has 0 saturated carbocycles. The lowest BCUT2D eigenvalue weighted by Gasteiger charge is -2.05. The van der Waals surface area contributed by atoms with Crippen molar-refractivity contribution in [1.29, 1.82) is 0 Å². The van der Waals surface area contributed by atoms with Crippen molar-refractivity contribution in [2.24, 2.45) is 5.73 Å². The van der Waals surface area contributed by atoms with E-state index >= 15 is 0 Å².